The number of fused-ring (bicyclic) bond motifs is 1. The molecule has 27 heavy (non-hydrogen) atoms. The van der Waals surface area contributed by atoms with Gasteiger partial charge in [0.2, 0.25) is 10.0 Å². The number of hydrogen-bond acceptors (Lipinski definition) is 5. The van der Waals surface area contributed by atoms with Crippen LogP contribution in [0.2, 0.25) is 0 Å². The molecule has 0 spiro atoms. The number of anilines is 2. The van der Waals surface area contributed by atoms with E-state index in [0.29, 0.717) is 35.5 Å². The summed E-state index contributed by atoms with van der Waals surface area (Å²) in [6, 6.07) is 11.9. The fourth-order valence-electron chi connectivity index (χ4n) is 3.17. The van der Waals surface area contributed by atoms with E-state index in [1.165, 1.54) is 10.7 Å². The molecule has 140 valence electrons. The molecular weight excluding hydrogens is 366 g/mol. The predicted octanol–water partition coefficient (Wildman–Crippen LogP) is 3.40. The van der Waals surface area contributed by atoms with Gasteiger partial charge in [-0.15, -0.1) is 0 Å². The van der Waals surface area contributed by atoms with Crippen LogP contribution in [-0.4, -0.2) is 31.6 Å². The first-order valence-electron chi connectivity index (χ1n) is 8.78. The molecule has 1 aliphatic rings. The molecule has 0 bridgehead atoms. The zero-order valence-corrected chi connectivity index (χ0v) is 15.4. The van der Waals surface area contributed by atoms with Gasteiger partial charge in [-0.1, -0.05) is 6.42 Å². The van der Waals surface area contributed by atoms with Gasteiger partial charge in [0, 0.05) is 23.9 Å². The average Bonchev–Trinajstić information content (AvgIpc) is 3.04. The van der Waals surface area contributed by atoms with E-state index in [-0.39, 0.29) is 11.7 Å². The molecule has 1 aliphatic heterocycles. The maximum absolute atomic E-state index is 12.5. The number of sulfonamides is 1. The van der Waals surface area contributed by atoms with Crippen LogP contribution in [0, 0.1) is 0 Å². The van der Waals surface area contributed by atoms with Crippen molar-refractivity contribution in [2.45, 2.75) is 19.3 Å². The Labute approximate surface area is 157 Å². The van der Waals surface area contributed by atoms with Crippen LogP contribution in [0.25, 0.3) is 11.1 Å². The van der Waals surface area contributed by atoms with Crippen LogP contribution < -0.4 is 9.62 Å². The summed E-state index contributed by atoms with van der Waals surface area (Å²) < 4.78 is 31.4. The molecular formula is C19H19N3O4S. The summed E-state index contributed by atoms with van der Waals surface area (Å²) in [7, 11) is -3.29. The van der Waals surface area contributed by atoms with Gasteiger partial charge >= 0.3 is 0 Å². The smallest absolute Gasteiger partial charge is 0.255 e. The Balaban J connectivity index is 1.51. The Bertz CT molecular complexity index is 1070. The van der Waals surface area contributed by atoms with Crippen LogP contribution in [0.5, 0.6) is 0 Å². The number of rotatable bonds is 3. The highest BCUT2D eigenvalue weighted by molar-refractivity contribution is 7.92. The number of benzene rings is 2. The molecule has 0 unspecified atom stereocenters. The van der Waals surface area contributed by atoms with Crippen molar-refractivity contribution in [3.8, 4) is 0 Å². The number of hydrogen-bond donors (Lipinski definition) is 1. The monoisotopic (exact) mass is 385 g/mol. The minimum Gasteiger partial charge on any atom is -0.443 e. The molecule has 2 aromatic carbocycles. The van der Waals surface area contributed by atoms with E-state index in [1.807, 2.05) is 0 Å². The summed E-state index contributed by atoms with van der Waals surface area (Å²) in [4.78, 5) is 16.5. The summed E-state index contributed by atoms with van der Waals surface area (Å²) in [5, 5.41) is 2.81. The van der Waals surface area contributed by atoms with Crippen LogP contribution in [0.15, 0.2) is 53.3 Å². The molecule has 1 aromatic heterocycles. The Morgan fingerprint density at radius 3 is 2.70 bits per heavy atom. The third-order valence-electron chi connectivity index (χ3n) is 4.61. The molecule has 0 radical (unpaired) electrons. The summed E-state index contributed by atoms with van der Waals surface area (Å²) in [5.74, 6) is -0.113. The Morgan fingerprint density at radius 2 is 1.89 bits per heavy atom. The van der Waals surface area contributed by atoms with Gasteiger partial charge in [-0.25, -0.2) is 13.4 Å². The summed E-state index contributed by atoms with van der Waals surface area (Å²) in [6.07, 6.45) is 3.79. The average molecular weight is 385 g/mol. The van der Waals surface area contributed by atoms with Crippen molar-refractivity contribution in [3.63, 3.8) is 0 Å². The van der Waals surface area contributed by atoms with Crippen LogP contribution in [-0.2, 0) is 10.0 Å². The molecule has 4 rings (SSSR count). The van der Waals surface area contributed by atoms with Crippen molar-refractivity contribution in [1.82, 2.24) is 4.98 Å². The lowest BCUT2D eigenvalue weighted by molar-refractivity contribution is 0.102. The molecule has 0 atom stereocenters. The lowest BCUT2D eigenvalue weighted by atomic mass is 10.1. The first-order chi connectivity index (χ1) is 13.0. The van der Waals surface area contributed by atoms with Gasteiger partial charge in [-0.2, -0.15) is 0 Å². The molecule has 0 aliphatic carbocycles. The second-order valence-corrected chi connectivity index (χ2v) is 8.50. The second-order valence-electron chi connectivity index (χ2n) is 6.48. The number of nitrogens with zero attached hydrogens (tertiary/aromatic N) is 2. The molecule has 0 saturated carbocycles. The number of amides is 1. The quantitative estimate of drug-likeness (QED) is 0.746. The highest BCUT2D eigenvalue weighted by Gasteiger charge is 2.24. The van der Waals surface area contributed by atoms with E-state index in [2.05, 4.69) is 10.3 Å². The van der Waals surface area contributed by atoms with Crippen molar-refractivity contribution >= 4 is 38.4 Å². The Kier molecular flexibility index (Phi) is 4.57. The van der Waals surface area contributed by atoms with Gasteiger partial charge in [0.15, 0.2) is 12.0 Å². The zero-order chi connectivity index (χ0) is 18.9. The minimum atomic E-state index is -3.29. The molecule has 7 nitrogen and oxygen atoms in total. The lowest BCUT2D eigenvalue weighted by Gasteiger charge is -2.22. The van der Waals surface area contributed by atoms with Crippen LogP contribution in [0.3, 0.4) is 0 Å². The third-order valence-corrected chi connectivity index (χ3v) is 6.48. The molecule has 1 saturated heterocycles. The van der Waals surface area contributed by atoms with Gasteiger partial charge in [0.05, 0.1) is 11.4 Å². The molecule has 1 amide bonds. The molecule has 8 heteroatoms. The third kappa shape index (κ3) is 3.66. The number of aromatic nitrogens is 1. The summed E-state index contributed by atoms with van der Waals surface area (Å²) >= 11 is 0. The maximum atomic E-state index is 12.5. The van der Waals surface area contributed by atoms with E-state index in [9.17, 15) is 13.2 Å². The van der Waals surface area contributed by atoms with Gasteiger partial charge in [-0.05, 0) is 49.2 Å². The first kappa shape index (κ1) is 17.5. The normalized spacial score (nSPS) is 16.8. The van der Waals surface area contributed by atoms with E-state index < -0.39 is 10.0 Å². The van der Waals surface area contributed by atoms with Crippen LogP contribution >= 0.6 is 0 Å². The zero-order valence-electron chi connectivity index (χ0n) is 14.6. The minimum absolute atomic E-state index is 0.166. The highest BCUT2D eigenvalue weighted by atomic mass is 32.2. The van der Waals surface area contributed by atoms with Crippen molar-refractivity contribution in [3.05, 3.63) is 54.4 Å². The van der Waals surface area contributed by atoms with Crippen LogP contribution in [0.1, 0.15) is 29.6 Å². The Morgan fingerprint density at radius 1 is 1.07 bits per heavy atom. The molecule has 1 fully saturated rings. The number of carbonyl (C=O) groups is 1. The number of carbonyl (C=O) groups excluding carboxylic acids is 1. The van der Waals surface area contributed by atoms with Crippen molar-refractivity contribution in [2.24, 2.45) is 0 Å². The molecule has 2 heterocycles. The predicted molar refractivity (Wildman–Crippen MR) is 103 cm³/mol. The van der Waals surface area contributed by atoms with E-state index >= 15 is 0 Å². The highest BCUT2D eigenvalue weighted by Crippen LogP contribution is 2.24. The number of oxazole rings is 1. The maximum Gasteiger partial charge on any atom is 0.255 e. The van der Waals surface area contributed by atoms with Crippen LogP contribution in [0.4, 0.5) is 11.4 Å². The lowest BCUT2D eigenvalue weighted by Crippen LogP contribution is -2.32. The second kappa shape index (κ2) is 7.03. The van der Waals surface area contributed by atoms with Crippen molar-refractivity contribution in [1.29, 1.82) is 0 Å². The van der Waals surface area contributed by atoms with E-state index in [1.54, 1.807) is 42.5 Å². The summed E-state index contributed by atoms with van der Waals surface area (Å²) in [5.41, 5.74) is 2.95. The van der Waals surface area contributed by atoms with E-state index in [0.717, 1.165) is 18.4 Å². The van der Waals surface area contributed by atoms with Gasteiger partial charge < -0.3 is 9.73 Å². The van der Waals surface area contributed by atoms with Gasteiger partial charge in [0.1, 0.15) is 5.52 Å². The topological polar surface area (TPSA) is 92.5 Å². The summed E-state index contributed by atoms with van der Waals surface area (Å²) in [6.45, 7) is 0.477. The van der Waals surface area contributed by atoms with Gasteiger partial charge in [0.25, 0.3) is 5.91 Å². The van der Waals surface area contributed by atoms with Gasteiger partial charge in [-0.3, -0.25) is 9.10 Å². The largest absolute Gasteiger partial charge is 0.443 e. The first-order valence-corrected chi connectivity index (χ1v) is 10.4. The van der Waals surface area contributed by atoms with Crippen molar-refractivity contribution < 1.29 is 17.6 Å². The van der Waals surface area contributed by atoms with E-state index in [4.69, 9.17) is 4.42 Å². The number of nitrogens with one attached hydrogen (secondary N) is 1. The fraction of sp³-hybridized carbons (Fsp3) is 0.263. The standard InChI is InChI=1S/C19H19N3O4S/c23-19(21-15-6-9-17-18(12-15)26-13-20-17)14-4-7-16(8-5-14)22-10-2-1-3-11-27(22,24)25/h4-9,12-13H,1-3,10-11H2,(H,21,23). The molecule has 1 N–H and O–H groups in total. The Hall–Kier alpha value is -2.87. The molecule has 3 aromatic rings. The van der Waals surface area contributed by atoms with Crippen molar-refractivity contribution in [2.75, 3.05) is 21.9 Å². The fourth-order valence-corrected chi connectivity index (χ4v) is 4.81. The SMILES string of the molecule is O=C(Nc1ccc2ncoc2c1)c1ccc(N2CCCCCS2(=O)=O)cc1.